The van der Waals surface area contributed by atoms with E-state index in [1.807, 2.05) is 12.1 Å². The van der Waals surface area contributed by atoms with Crippen LogP contribution in [0.3, 0.4) is 0 Å². The topological polar surface area (TPSA) is 15.3 Å². The third kappa shape index (κ3) is 3.79. The molecule has 0 amide bonds. The van der Waals surface area contributed by atoms with Gasteiger partial charge < -0.3 is 10.2 Å². The van der Waals surface area contributed by atoms with Gasteiger partial charge in [-0.15, -0.1) is 0 Å². The minimum atomic E-state index is 0.476. The lowest BCUT2D eigenvalue weighted by molar-refractivity contribution is 0.454. The average Bonchev–Trinajstić information content (AvgIpc) is 2.48. The molecule has 0 spiro atoms. The monoisotopic (exact) mass is 364 g/mol. The molecule has 0 aromatic heterocycles. The summed E-state index contributed by atoms with van der Waals surface area (Å²) >= 11 is 9.65. The molecule has 21 heavy (non-hydrogen) atoms. The number of benzene rings is 2. The van der Waals surface area contributed by atoms with Crippen LogP contribution in [0.4, 0.5) is 5.69 Å². The van der Waals surface area contributed by atoms with Crippen LogP contribution >= 0.6 is 27.5 Å². The van der Waals surface area contributed by atoms with Crippen LogP contribution in [0.2, 0.25) is 5.02 Å². The molecule has 4 heteroatoms. The van der Waals surface area contributed by atoms with Crippen LogP contribution in [0.25, 0.3) is 0 Å². The number of nitrogens with zero attached hydrogens (tertiary/aromatic N) is 1. The Morgan fingerprint density at radius 3 is 2.76 bits per heavy atom. The summed E-state index contributed by atoms with van der Waals surface area (Å²) in [7, 11) is 0. The Kier molecular flexibility index (Phi) is 4.84. The quantitative estimate of drug-likeness (QED) is 0.880. The average molecular weight is 366 g/mol. The first-order valence-corrected chi connectivity index (χ1v) is 8.37. The molecule has 1 heterocycles. The Labute approximate surface area is 139 Å². The molecule has 1 aliphatic heterocycles. The highest BCUT2D eigenvalue weighted by Crippen LogP contribution is 2.30. The van der Waals surface area contributed by atoms with Crippen LogP contribution in [-0.4, -0.2) is 25.7 Å². The zero-order valence-corrected chi connectivity index (χ0v) is 14.1. The third-order valence-corrected chi connectivity index (χ3v) is 4.70. The summed E-state index contributed by atoms with van der Waals surface area (Å²) in [6, 6.07) is 17.1. The number of hydrogen-bond acceptors (Lipinski definition) is 2. The molecule has 0 aliphatic carbocycles. The fourth-order valence-corrected chi connectivity index (χ4v) is 3.75. The molecule has 2 aromatic rings. The molecule has 0 saturated carbocycles. The summed E-state index contributed by atoms with van der Waals surface area (Å²) in [5, 5.41) is 4.38. The molecular weight excluding hydrogens is 348 g/mol. The lowest BCUT2D eigenvalue weighted by atomic mass is 10.0. The maximum atomic E-state index is 6.03. The number of rotatable bonds is 3. The first-order valence-electron chi connectivity index (χ1n) is 7.20. The predicted molar refractivity (Wildman–Crippen MR) is 93.3 cm³/mol. The van der Waals surface area contributed by atoms with E-state index < -0.39 is 0 Å². The van der Waals surface area contributed by atoms with Crippen LogP contribution in [0.15, 0.2) is 53.0 Å². The minimum absolute atomic E-state index is 0.476. The van der Waals surface area contributed by atoms with Crippen LogP contribution < -0.4 is 10.2 Å². The van der Waals surface area contributed by atoms with Crippen molar-refractivity contribution in [1.82, 2.24) is 5.32 Å². The molecular formula is C17H18BrClN2. The second-order valence-electron chi connectivity index (χ2n) is 5.38. The van der Waals surface area contributed by atoms with Gasteiger partial charge in [-0.25, -0.2) is 0 Å². The fourth-order valence-electron chi connectivity index (χ4n) is 2.82. The van der Waals surface area contributed by atoms with E-state index in [1.165, 1.54) is 11.3 Å². The van der Waals surface area contributed by atoms with Crippen molar-refractivity contribution >= 4 is 33.2 Å². The second kappa shape index (κ2) is 6.82. The molecule has 3 rings (SSSR count). The van der Waals surface area contributed by atoms with Crippen molar-refractivity contribution in [2.75, 3.05) is 24.5 Å². The highest BCUT2D eigenvalue weighted by molar-refractivity contribution is 9.10. The smallest absolute Gasteiger partial charge is 0.0512 e. The first kappa shape index (κ1) is 14.9. The standard InChI is InChI=1S/C17H18BrClN2/c18-16-11-14(19)6-7-17(16)21-9-8-20-15(12-21)10-13-4-2-1-3-5-13/h1-7,11,15,20H,8-10,12H2. The zero-order chi connectivity index (χ0) is 14.7. The molecule has 1 N–H and O–H groups in total. The van der Waals surface area contributed by atoms with E-state index >= 15 is 0 Å². The van der Waals surface area contributed by atoms with Crippen molar-refractivity contribution in [3.8, 4) is 0 Å². The number of nitrogens with one attached hydrogen (secondary N) is 1. The van der Waals surface area contributed by atoms with E-state index in [1.54, 1.807) is 0 Å². The largest absolute Gasteiger partial charge is 0.368 e. The fraction of sp³-hybridized carbons (Fsp3) is 0.294. The highest BCUT2D eigenvalue weighted by atomic mass is 79.9. The van der Waals surface area contributed by atoms with Gasteiger partial charge >= 0.3 is 0 Å². The third-order valence-electron chi connectivity index (χ3n) is 3.83. The summed E-state index contributed by atoms with van der Waals surface area (Å²) in [4.78, 5) is 2.42. The molecule has 1 fully saturated rings. The van der Waals surface area contributed by atoms with Gasteiger partial charge in [0.15, 0.2) is 0 Å². The predicted octanol–water partition coefficient (Wildman–Crippen LogP) is 4.12. The summed E-state index contributed by atoms with van der Waals surface area (Å²) in [6.07, 6.45) is 1.06. The highest BCUT2D eigenvalue weighted by Gasteiger charge is 2.21. The van der Waals surface area contributed by atoms with Gasteiger partial charge in [0.1, 0.15) is 0 Å². The minimum Gasteiger partial charge on any atom is -0.368 e. The van der Waals surface area contributed by atoms with Crippen molar-refractivity contribution in [3.63, 3.8) is 0 Å². The van der Waals surface area contributed by atoms with Gasteiger partial charge in [-0.2, -0.15) is 0 Å². The van der Waals surface area contributed by atoms with Crippen LogP contribution in [0.5, 0.6) is 0 Å². The van der Waals surface area contributed by atoms with Gasteiger partial charge in [-0.3, -0.25) is 0 Å². The van der Waals surface area contributed by atoms with Crippen molar-refractivity contribution in [2.45, 2.75) is 12.5 Å². The maximum Gasteiger partial charge on any atom is 0.0512 e. The SMILES string of the molecule is Clc1ccc(N2CCNC(Cc3ccccc3)C2)c(Br)c1. The Hall–Kier alpha value is -1.03. The number of halogens is 2. The Morgan fingerprint density at radius 1 is 1.19 bits per heavy atom. The van der Waals surface area contributed by atoms with Crippen LogP contribution in [0, 0.1) is 0 Å². The normalized spacial score (nSPS) is 18.8. The first-order chi connectivity index (χ1) is 10.2. The van der Waals surface area contributed by atoms with Gasteiger partial charge in [0, 0.05) is 35.2 Å². The molecule has 0 radical (unpaired) electrons. The maximum absolute atomic E-state index is 6.03. The summed E-state index contributed by atoms with van der Waals surface area (Å²) < 4.78 is 1.07. The summed E-state index contributed by atoms with van der Waals surface area (Å²) in [5.74, 6) is 0. The van der Waals surface area contributed by atoms with E-state index in [2.05, 4.69) is 62.5 Å². The molecule has 2 nitrogen and oxygen atoms in total. The second-order valence-corrected chi connectivity index (χ2v) is 6.67. The molecule has 0 bridgehead atoms. The van der Waals surface area contributed by atoms with E-state index in [0.29, 0.717) is 6.04 Å². The molecule has 1 atom stereocenters. The van der Waals surface area contributed by atoms with Gasteiger partial charge in [0.2, 0.25) is 0 Å². The van der Waals surface area contributed by atoms with Crippen LogP contribution in [-0.2, 0) is 6.42 Å². The van der Waals surface area contributed by atoms with Crippen molar-refractivity contribution in [2.24, 2.45) is 0 Å². The van der Waals surface area contributed by atoms with Crippen molar-refractivity contribution < 1.29 is 0 Å². The van der Waals surface area contributed by atoms with Gasteiger partial charge in [0.25, 0.3) is 0 Å². The molecule has 110 valence electrons. The molecule has 2 aromatic carbocycles. The van der Waals surface area contributed by atoms with Crippen molar-refractivity contribution in [1.29, 1.82) is 0 Å². The van der Waals surface area contributed by atoms with Gasteiger partial charge in [-0.05, 0) is 46.1 Å². The van der Waals surface area contributed by atoms with Gasteiger partial charge in [-0.1, -0.05) is 41.9 Å². The molecule has 1 unspecified atom stereocenters. The summed E-state index contributed by atoms with van der Waals surface area (Å²) in [6.45, 7) is 3.03. The summed E-state index contributed by atoms with van der Waals surface area (Å²) in [5.41, 5.74) is 2.60. The zero-order valence-electron chi connectivity index (χ0n) is 11.7. The lowest BCUT2D eigenvalue weighted by Crippen LogP contribution is -2.51. The van der Waals surface area contributed by atoms with Crippen LogP contribution in [0.1, 0.15) is 5.56 Å². The van der Waals surface area contributed by atoms with E-state index in [0.717, 1.165) is 35.6 Å². The van der Waals surface area contributed by atoms with Gasteiger partial charge in [0.05, 0.1) is 5.69 Å². The van der Waals surface area contributed by atoms with E-state index in [4.69, 9.17) is 11.6 Å². The van der Waals surface area contributed by atoms with E-state index in [-0.39, 0.29) is 0 Å². The lowest BCUT2D eigenvalue weighted by Gasteiger charge is -2.36. The number of hydrogen-bond donors (Lipinski definition) is 1. The van der Waals surface area contributed by atoms with E-state index in [9.17, 15) is 0 Å². The molecule has 1 saturated heterocycles. The Bertz CT molecular complexity index is 603. The Balaban J connectivity index is 1.71. The Morgan fingerprint density at radius 2 is 2.00 bits per heavy atom. The number of anilines is 1. The van der Waals surface area contributed by atoms with Crippen molar-refractivity contribution in [3.05, 3.63) is 63.6 Å². The molecule has 1 aliphatic rings. The number of piperazine rings is 1.